The minimum absolute atomic E-state index is 0.722. The number of benzene rings is 1. The zero-order valence-electron chi connectivity index (χ0n) is 16.7. The summed E-state index contributed by atoms with van der Waals surface area (Å²) in [7, 11) is 0. The van der Waals surface area contributed by atoms with Gasteiger partial charge in [-0.15, -0.1) is 0 Å². The first-order valence-corrected chi connectivity index (χ1v) is 10.6. The van der Waals surface area contributed by atoms with Crippen LogP contribution in [0.1, 0.15) is 0 Å². The summed E-state index contributed by atoms with van der Waals surface area (Å²) in [5, 5.41) is 0.722. The molecule has 1 fully saturated rings. The van der Waals surface area contributed by atoms with Crippen LogP contribution in [0.25, 0.3) is 33.3 Å². The third-order valence-corrected chi connectivity index (χ3v) is 5.84. The first-order chi connectivity index (χ1) is 14.8. The number of halogens is 1. The maximum absolute atomic E-state index is 6.19. The third-order valence-electron chi connectivity index (χ3n) is 5.60. The number of hydrogen-bond acceptors (Lipinski definition) is 4. The van der Waals surface area contributed by atoms with Gasteiger partial charge < -0.3 is 9.30 Å². The predicted octanol–water partition coefficient (Wildman–Crippen LogP) is 4.75. The van der Waals surface area contributed by atoms with Crippen molar-refractivity contribution in [3.05, 3.63) is 72.3 Å². The molecule has 1 saturated heterocycles. The van der Waals surface area contributed by atoms with Gasteiger partial charge in [0, 0.05) is 72.7 Å². The number of morpholine rings is 1. The Morgan fingerprint density at radius 3 is 2.67 bits per heavy atom. The molecule has 1 aromatic carbocycles. The lowest BCUT2D eigenvalue weighted by atomic mass is 10.0. The van der Waals surface area contributed by atoms with Crippen molar-refractivity contribution in [2.24, 2.45) is 0 Å². The maximum atomic E-state index is 6.19. The largest absolute Gasteiger partial charge is 0.379 e. The summed E-state index contributed by atoms with van der Waals surface area (Å²) in [6, 6.07) is 14.2. The minimum atomic E-state index is 0.722. The van der Waals surface area contributed by atoms with Crippen LogP contribution in [-0.2, 0) is 11.3 Å². The second-order valence-corrected chi connectivity index (χ2v) is 7.97. The standard InChI is InChI=1S/C24H23ClN4O/c25-21-4-1-3-18(14-21)19-13-20(16-26-15-19)22-17-29(23-5-2-6-27-24(22)23)8-7-28-9-11-30-12-10-28/h1-6,13-17H,7-12H2. The van der Waals surface area contributed by atoms with Gasteiger partial charge in [-0.25, -0.2) is 0 Å². The maximum Gasteiger partial charge on any atom is 0.0959 e. The summed E-state index contributed by atoms with van der Waals surface area (Å²) in [5.41, 5.74) is 6.41. The van der Waals surface area contributed by atoms with Crippen LogP contribution >= 0.6 is 11.6 Å². The first-order valence-electron chi connectivity index (χ1n) is 10.2. The van der Waals surface area contributed by atoms with Crippen LogP contribution in [0.4, 0.5) is 0 Å². The van der Waals surface area contributed by atoms with Crippen molar-refractivity contribution in [3.63, 3.8) is 0 Å². The lowest BCUT2D eigenvalue weighted by molar-refractivity contribution is 0.0365. The summed E-state index contributed by atoms with van der Waals surface area (Å²) < 4.78 is 7.77. The molecule has 0 spiro atoms. The quantitative estimate of drug-likeness (QED) is 0.469. The van der Waals surface area contributed by atoms with Crippen molar-refractivity contribution in [1.82, 2.24) is 19.4 Å². The van der Waals surface area contributed by atoms with Gasteiger partial charge in [0.15, 0.2) is 0 Å². The average Bonchev–Trinajstić information content (AvgIpc) is 3.17. The normalized spacial score (nSPS) is 15.0. The number of fused-ring (bicyclic) bond motifs is 1. The zero-order chi connectivity index (χ0) is 20.3. The molecule has 0 N–H and O–H groups in total. The molecule has 0 radical (unpaired) electrons. The highest BCUT2D eigenvalue weighted by Gasteiger charge is 2.15. The van der Waals surface area contributed by atoms with E-state index in [1.165, 1.54) is 0 Å². The molecule has 0 amide bonds. The Balaban J connectivity index is 1.49. The van der Waals surface area contributed by atoms with Crippen molar-refractivity contribution in [1.29, 1.82) is 0 Å². The van der Waals surface area contributed by atoms with Crippen molar-refractivity contribution in [2.75, 3.05) is 32.8 Å². The molecule has 4 heterocycles. The molecule has 5 nitrogen and oxygen atoms in total. The molecule has 30 heavy (non-hydrogen) atoms. The van der Waals surface area contributed by atoms with Gasteiger partial charge in [0.05, 0.1) is 24.2 Å². The fourth-order valence-electron chi connectivity index (χ4n) is 4.01. The Morgan fingerprint density at radius 2 is 1.80 bits per heavy atom. The molecule has 6 heteroatoms. The molecule has 0 atom stereocenters. The Kier molecular flexibility index (Phi) is 5.49. The van der Waals surface area contributed by atoms with E-state index in [0.29, 0.717) is 0 Å². The molecule has 152 valence electrons. The smallest absolute Gasteiger partial charge is 0.0959 e. The summed E-state index contributed by atoms with van der Waals surface area (Å²) in [6.45, 7) is 5.56. The molecule has 1 aliphatic heterocycles. The van der Waals surface area contributed by atoms with Crippen LogP contribution in [-0.4, -0.2) is 52.3 Å². The van der Waals surface area contributed by atoms with Crippen molar-refractivity contribution >= 4 is 22.6 Å². The van der Waals surface area contributed by atoms with E-state index >= 15 is 0 Å². The fourth-order valence-corrected chi connectivity index (χ4v) is 4.20. The van der Waals surface area contributed by atoms with Gasteiger partial charge in [-0.2, -0.15) is 0 Å². The molecule has 4 aromatic rings. The fraction of sp³-hybridized carbons (Fsp3) is 0.250. The SMILES string of the molecule is Clc1cccc(-c2cncc(-c3cn(CCN4CCOCC4)c4cccnc34)c2)c1. The van der Waals surface area contributed by atoms with Crippen LogP contribution in [0.5, 0.6) is 0 Å². The number of ether oxygens (including phenoxy) is 1. The van der Waals surface area contributed by atoms with Gasteiger partial charge >= 0.3 is 0 Å². The summed E-state index contributed by atoms with van der Waals surface area (Å²) in [5.74, 6) is 0. The number of rotatable bonds is 5. The molecule has 3 aromatic heterocycles. The van der Waals surface area contributed by atoms with E-state index < -0.39 is 0 Å². The number of aromatic nitrogens is 3. The summed E-state index contributed by atoms with van der Waals surface area (Å²) in [4.78, 5) is 11.6. The zero-order valence-corrected chi connectivity index (χ0v) is 17.4. The number of hydrogen-bond donors (Lipinski definition) is 0. The van der Waals surface area contributed by atoms with Gasteiger partial charge in [-0.05, 0) is 35.9 Å². The van der Waals surface area contributed by atoms with E-state index in [9.17, 15) is 0 Å². The molecule has 0 unspecified atom stereocenters. The molecular formula is C24H23ClN4O. The Morgan fingerprint density at radius 1 is 0.933 bits per heavy atom. The van der Waals surface area contributed by atoms with E-state index in [0.717, 1.165) is 77.7 Å². The highest BCUT2D eigenvalue weighted by Crippen LogP contribution is 2.32. The van der Waals surface area contributed by atoms with Gasteiger partial charge in [0.1, 0.15) is 0 Å². The first kappa shape index (κ1) is 19.2. The number of nitrogens with zero attached hydrogens (tertiary/aromatic N) is 4. The van der Waals surface area contributed by atoms with E-state index in [4.69, 9.17) is 16.3 Å². The van der Waals surface area contributed by atoms with Crippen LogP contribution in [0.2, 0.25) is 5.02 Å². The summed E-state index contributed by atoms with van der Waals surface area (Å²) >= 11 is 6.19. The topological polar surface area (TPSA) is 43.2 Å². The lowest BCUT2D eigenvalue weighted by Crippen LogP contribution is -2.38. The van der Waals surface area contributed by atoms with Crippen molar-refractivity contribution in [2.45, 2.75) is 6.54 Å². The van der Waals surface area contributed by atoms with Crippen LogP contribution < -0.4 is 0 Å². The molecule has 5 rings (SSSR count). The van der Waals surface area contributed by atoms with Crippen LogP contribution in [0.3, 0.4) is 0 Å². The van der Waals surface area contributed by atoms with E-state index in [1.807, 2.05) is 42.9 Å². The van der Waals surface area contributed by atoms with Gasteiger partial charge in [-0.3, -0.25) is 14.9 Å². The van der Waals surface area contributed by atoms with E-state index in [1.54, 1.807) is 0 Å². The molecule has 0 aliphatic carbocycles. The van der Waals surface area contributed by atoms with Crippen LogP contribution in [0, 0.1) is 0 Å². The minimum Gasteiger partial charge on any atom is -0.379 e. The number of pyridine rings is 2. The lowest BCUT2D eigenvalue weighted by Gasteiger charge is -2.26. The molecule has 1 aliphatic rings. The molecule has 0 saturated carbocycles. The second-order valence-electron chi connectivity index (χ2n) is 7.53. The van der Waals surface area contributed by atoms with Gasteiger partial charge in [-0.1, -0.05) is 23.7 Å². The summed E-state index contributed by atoms with van der Waals surface area (Å²) in [6.07, 6.45) is 7.84. The Hall–Kier alpha value is -2.73. The monoisotopic (exact) mass is 418 g/mol. The van der Waals surface area contributed by atoms with Crippen LogP contribution in [0.15, 0.2) is 67.3 Å². The van der Waals surface area contributed by atoms with Gasteiger partial charge in [0.2, 0.25) is 0 Å². The molecular weight excluding hydrogens is 396 g/mol. The van der Waals surface area contributed by atoms with Crippen molar-refractivity contribution in [3.8, 4) is 22.3 Å². The van der Waals surface area contributed by atoms with E-state index in [-0.39, 0.29) is 0 Å². The van der Waals surface area contributed by atoms with Gasteiger partial charge in [0.25, 0.3) is 0 Å². The Bertz CT molecular complexity index is 1170. The Labute approximate surface area is 180 Å². The predicted molar refractivity (Wildman–Crippen MR) is 121 cm³/mol. The van der Waals surface area contributed by atoms with Crippen molar-refractivity contribution < 1.29 is 4.74 Å². The molecule has 0 bridgehead atoms. The second kappa shape index (κ2) is 8.56. The highest BCUT2D eigenvalue weighted by molar-refractivity contribution is 6.30. The van der Waals surface area contributed by atoms with E-state index in [2.05, 4.69) is 43.8 Å². The third kappa shape index (κ3) is 3.97. The highest BCUT2D eigenvalue weighted by atomic mass is 35.5. The average molecular weight is 419 g/mol.